The molecule has 1 aliphatic heterocycles. The quantitative estimate of drug-likeness (QED) is 0.779. The first-order valence-corrected chi connectivity index (χ1v) is 9.00. The molecular weight excluding hydrogens is 328 g/mol. The zero-order valence-electron chi connectivity index (χ0n) is 14.8. The largest absolute Gasteiger partial charge is 0.460 e. The Balaban J connectivity index is 1.46. The fraction of sp³-hybridized carbons (Fsp3) is 0.333. The van der Waals surface area contributed by atoms with Gasteiger partial charge >= 0.3 is 5.97 Å². The number of ether oxygens (including phenoxy) is 1. The van der Waals surface area contributed by atoms with Gasteiger partial charge in [-0.25, -0.2) is 0 Å². The number of esters is 1. The first kappa shape index (κ1) is 18.1. The Morgan fingerprint density at radius 3 is 2.46 bits per heavy atom. The van der Waals surface area contributed by atoms with Crippen molar-refractivity contribution in [3.8, 4) is 0 Å². The molecule has 0 aliphatic carbocycles. The first-order valence-electron chi connectivity index (χ1n) is 9.00. The van der Waals surface area contributed by atoms with Crippen molar-refractivity contribution in [3.63, 3.8) is 0 Å². The predicted molar refractivity (Wildman–Crippen MR) is 99.5 cm³/mol. The average Bonchev–Trinajstić information content (AvgIpc) is 3.18. The molecule has 2 aromatic rings. The third-order valence-corrected chi connectivity index (χ3v) is 4.43. The molecule has 1 saturated heterocycles. The van der Waals surface area contributed by atoms with Crippen molar-refractivity contribution in [1.82, 2.24) is 10.2 Å². The van der Waals surface area contributed by atoms with Crippen LogP contribution in [0.2, 0.25) is 0 Å². The molecule has 1 heterocycles. The summed E-state index contributed by atoms with van der Waals surface area (Å²) in [5, 5.41) is 2.63. The highest BCUT2D eigenvalue weighted by Gasteiger charge is 2.13. The maximum Gasteiger partial charge on any atom is 0.325 e. The van der Waals surface area contributed by atoms with Crippen molar-refractivity contribution < 1.29 is 14.3 Å². The van der Waals surface area contributed by atoms with Gasteiger partial charge in [0.2, 0.25) is 0 Å². The van der Waals surface area contributed by atoms with Gasteiger partial charge in [-0.15, -0.1) is 0 Å². The van der Waals surface area contributed by atoms with Crippen molar-refractivity contribution in [2.45, 2.75) is 26.0 Å². The summed E-state index contributed by atoms with van der Waals surface area (Å²) < 4.78 is 5.17. The molecule has 0 radical (unpaired) electrons. The lowest BCUT2D eigenvalue weighted by atomic mass is 10.1. The van der Waals surface area contributed by atoms with Crippen LogP contribution in [0.25, 0.3) is 0 Å². The number of hydrogen-bond donors (Lipinski definition) is 1. The van der Waals surface area contributed by atoms with Crippen LogP contribution < -0.4 is 5.32 Å². The molecule has 1 fully saturated rings. The molecule has 136 valence electrons. The van der Waals surface area contributed by atoms with Crippen LogP contribution in [0, 0.1) is 0 Å². The Morgan fingerprint density at radius 2 is 1.69 bits per heavy atom. The van der Waals surface area contributed by atoms with Crippen molar-refractivity contribution in [2.75, 3.05) is 19.6 Å². The third-order valence-electron chi connectivity index (χ3n) is 4.43. The van der Waals surface area contributed by atoms with E-state index >= 15 is 0 Å². The van der Waals surface area contributed by atoms with Crippen LogP contribution >= 0.6 is 0 Å². The van der Waals surface area contributed by atoms with Gasteiger partial charge < -0.3 is 10.1 Å². The Bertz CT molecular complexity index is 740. The second kappa shape index (κ2) is 9.15. The topological polar surface area (TPSA) is 58.6 Å². The Labute approximate surface area is 154 Å². The molecule has 0 unspecified atom stereocenters. The standard InChI is InChI=1S/C21H24N2O3/c24-20(26-16-17-7-2-1-3-8-17)14-22-21(25)19-10-6-9-18(13-19)15-23-11-4-5-12-23/h1-3,6-10,13H,4-5,11-12,14-16H2,(H,22,25). The first-order chi connectivity index (χ1) is 12.7. The minimum absolute atomic E-state index is 0.137. The maximum absolute atomic E-state index is 12.3. The molecule has 1 aliphatic rings. The summed E-state index contributed by atoms with van der Waals surface area (Å²) in [4.78, 5) is 26.5. The van der Waals surface area contributed by atoms with E-state index in [-0.39, 0.29) is 19.1 Å². The second-order valence-corrected chi connectivity index (χ2v) is 6.51. The van der Waals surface area contributed by atoms with Gasteiger partial charge in [0, 0.05) is 12.1 Å². The molecule has 26 heavy (non-hydrogen) atoms. The number of rotatable bonds is 7. The molecule has 0 saturated carbocycles. The van der Waals surface area contributed by atoms with Gasteiger partial charge in [-0.05, 0) is 49.2 Å². The van der Waals surface area contributed by atoms with Crippen molar-refractivity contribution in [3.05, 3.63) is 71.3 Å². The van der Waals surface area contributed by atoms with E-state index in [2.05, 4.69) is 10.2 Å². The minimum atomic E-state index is -0.449. The predicted octanol–water partition coefficient (Wildman–Crippen LogP) is 2.76. The molecule has 5 nitrogen and oxygen atoms in total. The average molecular weight is 352 g/mol. The van der Waals surface area contributed by atoms with Crippen LogP contribution in [-0.4, -0.2) is 36.4 Å². The second-order valence-electron chi connectivity index (χ2n) is 6.51. The summed E-state index contributed by atoms with van der Waals surface area (Å²) in [7, 11) is 0. The van der Waals surface area contributed by atoms with Gasteiger partial charge in [0.25, 0.3) is 5.91 Å². The molecule has 3 rings (SSSR count). The zero-order chi connectivity index (χ0) is 18.2. The summed E-state index contributed by atoms with van der Waals surface area (Å²) in [6.45, 7) is 3.16. The minimum Gasteiger partial charge on any atom is -0.460 e. The molecule has 1 N–H and O–H groups in total. The van der Waals surface area contributed by atoms with Gasteiger partial charge in [-0.3, -0.25) is 14.5 Å². The van der Waals surface area contributed by atoms with E-state index < -0.39 is 5.97 Å². The van der Waals surface area contributed by atoms with Crippen LogP contribution in [0.5, 0.6) is 0 Å². The highest BCUT2D eigenvalue weighted by Crippen LogP contribution is 2.14. The molecule has 0 spiro atoms. The Morgan fingerprint density at radius 1 is 0.962 bits per heavy atom. The molecule has 1 amide bonds. The number of amides is 1. The van der Waals surface area contributed by atoms with E-state index in [1.807, 2.05) is 48.5 Å². The smallest absolute Gasteiger partial charge is 0.325 e. The number of nitrogens with zero attached hydrogens (tertiary/aromatic N) is 1. The van der Waals surface area contributed by atoms with Crippen LogP contribution in [0.15, 0.2) is 54.6 Å². The highest BCUT2D eigenvalue weighted by atomic mass is 16.5. The summed E-state index contributed by atoms with van der Waals surface area (Å²) in [5.41, 5.74) is 2.60. The highest BCUT2D eigenvalue weighted by molar-refractivity contribution is 5.96. The van der Waals surface area contributed by atoms with E-state index in [0.717, 1.165) is 30.8 Å². The molecule has 5 heteroatoms. The molecule has 0 bridgehead atoms. The van der Waals surface area contributed by atoms with E-state index in [0.29, 0.717) is 5.56 Å². The summed E-state index contributed by atoms with van der Waals surface area (Å²) in [6.07, 6.45) is 2.48. The lowest BCUT2D eigenvalue weighted by Gasteiger charge is -2.15. The van der Waals surface area contributed by atoms with E-state index in [1.165, 1.54) is 12.8 Å². The van der Waals surface area contributed by atoms with E-state index in [9.17, 15) is 9.59 Å². The van der Waals surface area contributed by atoms with Crippen molar-refractivity contribution in [1.29, 1.82) is 0 Å². The molecule has 0 atom stereocenters. The van der Waals surface area contributed by atoms with Crippen molar-refractivity contribution >= 4 is 11.9 Å². The summed E-state index contributed by atoms with van der Waals surface area (Å²) in [6, 6.07) is 17.0. The fourth-order valence-electron chi connectivity index (χ4n) is 3.05. The monoisotopic (exact) mass is 352 g/mol. The zero-order valence-corrected chi connectivity index (χ0v) is 14.8. The van der Waals surface area contributed by atoms with Crippen molar-refractivity contribution in [2.24, 2.45) is 0 Å². The summed E-state index contributed by atoms with van der Waals surface area (Å²) >= 11 is 0. The van der Waals surface area contributed by atoms with Gasteiger partial charge in [-0.2, -0.15) is 0 Å². The maximum atomic E-state index is 12.3. The number of carbonyl (C=O) groups is 2. The van der Waals surface area contributed by atoms with E-state index in [4.69, 9.17) is 4.74 Å². The number of likely N-dealkylation sites (tertiary alicyclic amines) is 1. The SMILES string of the molecule is O=C(CNC(=O)c1cccc(CN2CCCC2)c1)OCc1ccccc1. The number of nitrogens with one attached hydrogen (secondary N) is 1. The molecule has 2 aromatic carbocycles. The van der Waals surface area contributed by atoms with Gasteiger partial charge in [0.15, 0.2) is 0 Å². The normalized spacial score (nSPS) is 14.2. The van der Waals surface area contributed by atoms with Crippen LogP contribution in [-0.2, 0) is 22.7 Å². The summed E-state index contributed by atoms with van der Waals surface area (Å²) in [5.74, 6) is -0.708. The Kier molecular flexibility index (Phi) is 6.39. The van der Waals surface area contributed by atoms with Gasteiger partial charge in [-0.1, -0.05) is 42.5 Å². The molecular formula is C21H24N2O3. The number of carbonyl (C=O) groups excluding carboxylic acids is 2. The third kappa shape index (κ3) is 5.43. The fourth-order valence-corrected chi connectivity index (χ4v) is 3.05. The van der Waals surface area contributed by atoms with Gasteiger partial charge in [0.05, 0.1) is 0 Å². The number of benzene rings is 2. The van der Waals surface area contributed by atoms with Crippen LogP contribution in [0.4, 0.5) is 0 Å². The van der Waals surface area contributed by atoms with E-state index in [1.54, 1.807) is 6.07 Å². The lowest BCUT2D eigenvalue weighted by molar-refractivity contribution is -0.143. The van der Waals surface area contributed by atoms with Crippen LogP contribution in [0.1, 0.15) is 34.3 Å². The Hall–Kier alpha value is -2.66. The van der Waals surface area contributed by atoms with Gasteiger partial charge in [0.1, 0.15) is 13.2 Å². The lowest BCUT2D eigenvalue weighted by Crippen LogP contribution is -2.30. The number of hydrogen-bond acceptors (Lipinski definition) is 4. The molecule has 0 aromatic heterocycles. The van der Waals surface area contributed by atoms with Crippen LogP contribution in [0.3, 0.4) is 0 Å².